The smallest absolute Gasteiger partial charge is 0.147 e. The Hall–Kier alpha value is -1.09. The maximum Gasteiger partial charge on any atom is -0.147 e. The molecule has 0 aromatic carbocycles. The molecule has 0 nitrogen and oxygen atoms in total. The van der Waals surface area contributed by atoms with E-state index in [0.29, 0.717) is 11.8 Å². The molecule has 0 saturated carbocycles. The molecule has 0 amide bonds. The summed E-state index contributed by atoms with van der Waals surface area (Å²) in [5.41, 5.74) is 11.7. The van der Waals surface area contributed by atoms with Crippen LogP contribution in [0.3, 0.4) is 0 Å². The largest absolute Gasteiger partial charge is 0.147 e. The van der Waals surface area contributed by atoms with Gasteiger partial charge in [-0.2, -0.15) is 0 Å². The Kier molecular flexibility index (Phi) is 8.67. The molecule has 0 aliphatic heterocycles. The molecule has 0 unspecified atom stereocenters. The fourth-order valence-corrected chi connectivity index (χ4v) is 18.1. The van der Waals surface area contributed by atoms with Crippen LogP contribution in [-0.4, -0.2) is 7.63 Å². The van der Waals surface area contributed by atoms with E-state index < -0.39 is 14.0 Å². The molecule has 4 rings (SSSR count). The Morgan fingerprint density at radius 1 is 0.588 bits per heavy atom. The minimum Gasteiger partial charge on any atom is -0.147 e. The van der Waals surface area contributed by atoms with Gasteiger partial charge in [0.15, 0.2) is 0 Å². The third-order valence-electron chi connectivity index (χ3n) is 7.40. The average Bonchev–Trinajstić information content (AvgIpc) is 3.00. The molecule has 34 heavy (non-hydrogen) atoms. The first-order valence-electron chi connectivity index (χ1n) is 12.0. The van der Waals surface area contributed by atoms with E-state index in [1.54, 1.807) is 7.74 Å². The van der Waals surface area contributed by atoms with Gasteiger partial charge < -0.3 is 0 Å². The number of fused-ring (bicyclic) bond motifs is 2. The Labute approximate surface area is 222 Å². The van der Waals surface area contributed by atoms with Crippen molar-refractivity contribution in [2.45, 2.75) is 63.8 Å². The summed E-state index contributed by atoms with van der Waals surface area (Å²) in [6.45, 7) is 14.0. The first-order chi connectivity index (χ1) is 14.9. The van der Waals surface area contributed by atoms with Gasteiger partial charge in [-0.25, -0.2) is 0 Å². The van der Waals surface area contributed by atoms with Gasteiger partial charge in [0.1, 0.15) is 0 Å². The molecule has 0 radical (unpaired) electrons. The molecule has 4 aliphatic carbocycles. The third-order valence-corrected chi connectivity index (χ3v) is 17.4. The van der Waals surface area contributed by atoms with Crippen LogP contribution in [-0.2, 0) is 14.0 Å². The van der Waals surface area contributed by atoms with Crippen molar-refractivity contribution in [1.82, 2.24) is 0 Å². The van der Waals surface area contributed by atoms with Crippen molar-refractivity contribution >= 4 is 40.2 Å². The van der Waals surface area contributed by atoms with Crippen LogP contribution >= 0.6 is 24.8 Å². The summed E-state index contributed by atoms with van der Waals surface area (Å²) in [6.07, 6.45) is 0. The molecule has 0 fully saturated rings. The van der Waals surface area contributed by atoms with Gasteiger partial charge in [0.25, 0.3) is 0 Å². The zero-order valence-electron chi connectivity index (χ0n) is 22.0. The first kappa shape index (κ1) is 29.1. The van der Waals surface area contributed by atoms with Crippen LogP contribution < -0.4 is 7.74 Å². The number of rotatable bonds is 4. The fourth-order valence-electron chi connectivity index (χ4n) is 6.31. The molecule has 0 N–H and O–H groups in total. The van der Waals surface area contributed by atoms with Gasteiger partial charge in [0.2, 0.25) is 0 Å². The molecule has 0 saturated heterocycles. The van der Waals surface area contributed by atoms with E-state index >= 15 is 0 Å². The van der Waals surface area contributed by atoms with E-state index in [0.717, 1.165) is 0 Å². The van der Waals surface area contributed by atoms with Gasteiger partial charge in [-0.3, -0.25) is 0 Å². The summed E-state index contributed by atoms with van der Waals surface area (Å²) in [6, 6.07) is 23.3. The van der Waals surface area contributed by atoms with Crippen molar-refractivity contribution in [1.29, 1.82) is 0 Å². The molecular formula is C30H40Cl2SiTi. The quantitative estimate of drug-likeness (QED) is 0.228. The van der Waals surface area contributed by atoms with Gasteiger partial charge in [-0.15, -0.1) is 24.8 Å². The minimum atomic E-state index is -3.32. The standard InChI is InChI=1S/2C14H15.2CH3.2ClH.H2Si.Ti/c2*1-10(2)13-7-5-4-6-12-8-11(3)9-14(12)13;;;;;;/h2*4-7,9-10H,1-3H3;2*1H3;2*1H;1H2;. The van der Waals surface area contributed by atoms with E-state index in [1.807, 2.05) is 0 Å². The second kappa shape index (κ2) is 10.1. The Bertz CT molecular complexity index is 1230. The predicted octanol–water partition coefficient (Wildman–Crippen LogP) is 7.89. The monoisotopic (exact) mass is 546 g/mol. The second-order valence-corrected chi connectivity index (χ2v) is 30.1. The summed E-state index contributed by atoms with van der Waals surface area (Å²) in [5, 5.41) is 5.28. The molecule has 4 aliphatic rings. The van der Waals surface area contributed by atoms with Gasteiger partial charge in [-0.05, 0) is 0 Å². The molecule has 0 spiro atoms. The molecule has 0 aromatic heterocycles. The summed E-state index contributed by atoms with van der Waals surface area (Å²) in [4.78, 5) is 0. The van der Waals surface area contributed by atoms with Crippen molar-refractivity contribution in [3.05, 3.63) is 82.9 Å². The molecule has 0 heterocycles. The van der Waals surface area contributed by atoms with E-state index in [-0.39, 0.29) is 24.8 Å². The first-order valence-corrected chi connectivity index (χ1v) is 20.8. The summed E-state index contributed by atoms with van der Waals surface area (Å²) < 4.78 is 3.31. The Balaban J connectivity index is 0.00000204. The Morgan fingerprint density at radius 2 is 0.912 bits per heavy atom. The summed E-state index contributed by atoms with van der Waals surface area (Å²) in [7, 11) is 2.35. The van der Waals surface area contributed by atoms with Gasteiger partial charge in [0, 0.05) is 0 Å². The second-order valence-electron chi connectivity index (χ2n) is 11.4. The molecule has 0 aromatic rings. The number of hydrogen-bond acceptors (Lipinski definition) is 0. The third kappa shape index (κ3) is 4.68. The predicted molar refractivity (Wildman–Crippen MR) is 158 cm³/mol. The fraction of sp³-hybridized carbons (Fsp3) is 0.333. The molecular weight excluding hydrogens is 507 g/mol. The summed E-state index contributed by atoms with van der Waals surface area (Å²) in [5.74, 6) is 1.03. The number of halogens is 2. The average molecular weight is 548 g/mol. The Morgan fingerprint density at radius 3 is 1.24 bits per heavy atom. The van der Waals surface area contributed by atoms with Crippen molar-refractivity contribution in [3.8, 4) is 22.3 Å². The van der Waals surface area contributed by atoms with Crippen LogP contribution in [0.5, 0.6) is 0 Å². The number of aryl methyl sites for hydroxylation is 2. The molecule has 0 bridgehead atoms. The normalized spacial score (nSPS) is 12.2. The van der Waals surface area contributed by atoms with E-state index in [1.165, 1.54) is 44.5 Å². The van der Waals surface area contributed by atoms with Crippen molar-refractivity contribution in [3.63, 3.8) is 0 Å². The van der Waals surface area contributed by atoms with Crippen molar-refractivity contribution in [2.75, 3.05) is 0 Å². The number of hydrogen-bond donors (Lipinski definition) is 0. The van der Waals surface area contributed by atoms with Crippen LogP contribution in [0.4, 0.5) is 0 Å². The SMILES string of the molecule is Cc1cc2c(C(C)C)ccccc-2[c]1[Ti]([CH3])([CH3])(=[SiH2])[c]1c(C)cc2c(C(C)C)ccccc1-2.Cl.Cl. The van der Waals surface area contributed by atoms with Crippen LogP contribution in [0.1, 0.15) is 61.8 Å². The summed E-state index contributed by atoms with van der Waals surface area (Å²) >= 11 is -3.32. The van der Waals surface area contributed by atoms with E-state index in [4.69, 9.17) is 0 Å². The van der Waals surface area contributed by atoms with Crippen LogP contribution in [0.25, 0.3) is 22.3 Å². The van der Waals surface area contributed by atoms with Crippen molar-refractivity contribution < 1.29 is 14.0 Å². The minimum absolute atomic E-state index is 0. The zero-order valence-corrected chi connectivity index (χ0v) is 26.6. The molecule has 182 valence electrons. The van der Waals surface area contributed by atoms with Gasteiger partial charge >= 0.3 is 198 Å². The van der Waals surface area contributed by atoms with Gasteiger partial charge in [0.05, 0.1) is 0 Å². The molecule has 0 atom stereocenters. The topological polar surface area (TPSA) is 0 Å². The van der Waals surface area contributed by atoms with Crippen molar-refractivity contribution in [2.24, 2.45) is 0 Å². The molecule has 4 heteroatoms. The van der Waals surface area contributed by atoms with E-state index in [9.17, 15) is 0 Å². The zero-order chi connectivity index (χ0) is 23.4. The van der Waals surface area contributed by atoms with Crippen LogP contribution in [0.2, 0.25) is 10.5 Å². The van der Waals surface area contributed by atoms with E-state index in [2.05, 4.69) is 120 Å². The van der Waals surface area contributed by atoms with Crippen LogP contribution in [0.15, 0.2) is 60.7 Å². The maximum absolute atomic E-state index is 3.32. The maximum atomic E-state index is 2.64. The van der Waals surface area contributed by atoms with Gasteiger partial charge in [-0.1, -0.05) is 0 Å². The van der Waals surface area contributed by atoms with Crippen LogP contribution in [0, 0.1) is 13.8 Å².